The lowest BCUT2D eigenvalue weighted by Crippen LogP contribution is -2.41. The summed E-state index contributed by atoms with van der Waals surface area (Å²) in [5.41, 5.74) is 3.81. The molecule has 1 aliphatic heterocycles. The second-order valence-electron chi connectivity index (χ2n) is 11.0. The molecule has 37 heavy (non-hydrogen) atoms. The van der Waals surface area contributed by atoms with Gasteiger partial charge in [-0.1, -0.05) is 62.7 Å². The van der Waals surface area contributed by atoms with Crippen molar-refractivity contribution in [3.8, 4) is 0 Å². The second kappa shape index (κ2) is 9.42. The van der Waals surface area contributed by atoms with Crippen molar-refractivity contribution in [3.63, 3.8) is 0 Å². The first-order valence-electron chi connectivity index (χ1n) is 12.6. The van der Waals surface area contributed by atoms with E-state index in [9.17, 15) is 9.59 Å². The van der Waals surface area contributed by atoms with Gasteiger partial charge in [0.1, 0.15) is 5.82 Å². The minimum atomic E-state index is -0.634. The first-order valence-corrected chi connectivity index (χ1v) is 12.9. The zero-order valence-corrected chi connectivity index (χ0v) is 22.3. The van der Waals surface area contributed by atoms with Crippen LogP contribution in [0.25, 0.3) is 6.08 Å². The number of halogens is 1. The predicted molar refractivity (Wildman–Crippen MR) is 146 cm³/mol. The summed E-state index contributed by atoms with van der Waals surface area (Å²) >= 11 is 6.07. The topological polar surface area (TPSA) is 75.2 Å². The van der Waals surface area contributed by atoms with E-state index in [1.807, 2.05) is 87.3 Å². The van der Waals surface area contributed by atoms with Gasteiger partial charge in [0.2, 0.25) is 11.8 Å². The molecule has 1 spiro atoms. The van der Waals surface area contributed by atoms with Crippen LogP contribution in [0.1, 0.15) is 61.7 Å². The summed E-state index contributed by atoms with van der Waals surface area (Å²) in [6.07, 6.45) is 8.71. The maximum absolute atomic E-state index is 13.3. The fourth-order valence-electron chi connectivity index (χ4n) is 5.30. The molecule has 5 rings (SSSR count). The summed E-state index contributed by atoms with van der Waals surface area (Å²) < 4.78 is 0. The summed E-state index contributed by atoms with van der Waals surface area (Å²) in [6, 6.07) is 13.5. The Morgan fingerprint density at radius 2 is 1.95 bits per heavy atom. The van der Waals surface area contributed by atoms with Gasteiger partial charge in [-0.15, -0.1) is 0 Å². The molecular formula is C30H31ClN4O2. The Kier molecular flexibility index (Phi) is 6.40. The average molecular weight is 515 g/mol. The van der Waals surface area contributed by atoms with E-state index in [4.69, 9.17) is 16.6 Å². The van der Waals surface area contributed by atoms with Crippen molar-refractivity contribution in [1.82, 2.24) is 14.9 Å². The first kappa shape index (κ1) is 25.2. The summed E-state index contributed by atoms with van der Waals surface area (Å²) in [5, 5.41) is 3.61. The van der Waals surface area contributed by atoms with Crippen molar-refractivity contribution in [1.29, 1.82) is 0 Å². The summed E-state index contributed by atoms with van der Waals surface area (Å²) in [4.78, 5) is 37.2. The normalized spacial score (nSPS) is 19.1. The van der Waals surface area contributed by atoms with Crippen LogP contribution >= 0.6 is 11.6 Å². The van der Waals surface area contributed by atoms with Crippen LogP contribution in [-0.4, -0.2) is 33.2 Å². The molecule has 3 aromatic rings. The molecule has 1 aliphatic carbocycles. The Labute approximate surface area is 222 Å². The number of carbonyl (C=O) groups excluding carboxylic acids is 2. The summed E-state index contributed by atoms with van der Waals surface area (Å²) in [5.74, 6) is 0.718. The molecule has 0 saturated carbocycles. The monoisotopic (exact) mass is 514 g/mol. The minimum Gasteiger partial charge on any atom is -0.332 e. The molecule has 7 heteroatoms. The van der Waals surface area contributed by atoms with Crippen molar-refractivity contribution in [2.75, 3.05) is 11.9 Å². The number of nitrogens with one attached hydrogen (secondary N) is 1. The van der Waals surface area contributed by atoms with Gasteiger partial charge in [0, 0.05) is 47.1 Å². The van der Waals surface area contributed by atoms with Gasteiger partial charge in [0.05, 0.1) is 11.5 Å². The van der Waals surface area contributed by atoms with E-state index < -0.39 is 10.8 Å². The van der Waals surface area contributed by atoms with Crippen molar-refractivity contribution in [3.05, 3.63) is 93.9 Å². The predicted octanol–water partition coefficient (Wildman–Crippen LogP) is 5.77. The van der Waals surface area contributed by atoms with E-state index in [0.717, 1.165) is 27.9 Å². The molecule has 0 bridgehead atoms. The third-order valence-electron chi connectivity index (χ3n) is 7.37. The molecule has 2 atom stereocenters. The van der Waals surface area contributed by atoms with Crippen LogP contribution in [0.15, 0.2) is 60.9 Å². The fourth-order valence-corrected chi connectivity index (χ4v) is 5.42. The lowest BCUT2D eigenvalue weighted by Gasteiger charge is -2.34. The zero-order valence-electron chi connectivity index (χ0n) is 21.6. The van der Waals surface area contributed by atoms with Crippen molar-refractivity contribution in [2.45, 2.75) is 52.0 Å². The van der Waals surface area contributed by atoms with Gasteiger partial charge < -0.3 is 10.2 Å². The van der Waals surface area contributed by atoms with Crippen LogP contribution in [0, 0.1) is 5.41 Å². The van der Waals surface area contributed by atoms with E-state index in [2.05, 4.69) is 16.4 Å². The fraction of sp³-hybridized carbons (Fsp3) is 0.333. The SMILES string of the molecule is C[C@H](c1ccc(Cl)cc1)N(C/C=C/c1cnc2c(c1)C[C@@]1(C2)C(=O)Nc2ncccc21)C(=O)C(C)(C)C. The van der Waals surface area contributed by atoms with Crippen LogP contribution < -0.4 is 5.32 Å². The maximum atomic E-state index is 13.3. The van der Waals surface area contributed by atoms with Crippen molar-refractivity contribution >= 4 is 35.3 Å². The highest BCUT2D eigenvalue weighted by Gasteiger charge is 2.51. The largest absolute Gasteiger partial charge is 0.332 e. The molecule has 6 nitrogen and oxygen atoms in total. The highest BCUT2D eigenvalue weighted by Crippen LogP contribution is 2.46. The number of carbonyl (C=O) groups is 2. The van der Waals surface area contributed by atoms with Gasteiger partial charge >= 0.3 is 0 Å². The van der Waals surface area contributed by atoms with Gasteiger partial charge in [-0.2, -0.15) is 0 Å². The number of benzene rings is 1. The third-order valence-corrected chi connectivity index (χ3v) is 7.62. The molecule has 0 fully saturated rings. The Morgan fingerprint density at radius 3 is 2.68 bits per heavy atom. The molecule has 1 aromatic carbocycles. The van der Waals surface area contributed by atoms with E-state index in [1.54, 1.807) is 6.20 Å². The zero-order chi connectivity index (χ0) is 26.4. The van der Waals surface area contributed by atoms with E-state index in [1.165, 1.54) is 0 Å². The average Bonchev–Trinajstić information content (AvgIpc) is 3.38. The van der Waals surface area contributed by atoms with Gasteiger partial charge in [-0.25, -0.2) is 4.98 Å². The molecule has 1 N–H and O–H groups in total. The standard InChI is InChI=1S/C30H31ClN4O2/c1-19(21-9-11-23(31)12-10-21)35(28(37)29(2,3)4)14-6-7-20-15-22-16-30(17-25(22)33-18-20)24-8-5-13-32-26(24)34-27(30)36/h5-13,15,18-19H,14,16-17H2,1-4H3,(H,32,34,36)/b7-6+/t19-,30+/m1/s1. The quantitative estimate of drug-likeness (QED) is 0.469. The second-order valence-corrected chi connectivity index (χ2v) is 11.4. The van der Waals surface area contributed by atoms with Crippen LogP contribution in [0.5, 0.6) is 0 Å². The third kappa shape index (κ3) is 4.66. The smallest absolute Gasteiger partial charge is 0.237 e. The van der Waals surface area contributed by atoms with E-state index in [-0.39, 0.29) is 17.9 Å². The molecule has 190 valence electrons. The number of aromatic nitrogens is 2. The number of rotatable bonds is 5. The molecule has 0 radical (unpaired) electrons. The Bertz CT molecular complexity index is 1390. The van der Waals surface area contributed by atoms with Crippen LogP contribution in [0.3, 0.4) is 0 Å². The van der Waals surface area contributed by atoms with Crippen molar-refractivity contribution < 1.29 is 9.59 Å². The Morgan fingerprint density at radius 1 is 1.19 bits per heavy atom. The Balaban J connectivity index is 1.35. The molecule has 2 aromatic heterocycles. The first-order chi connectivity index (χ1) is 17.6. The molecule has 2 aliphatic rings. The summed E-state index contributed by atoms with van der Waals surface area (Å²) in [6.45, 7) is 8.31. The number of nitrogens with zero attached hydrogens (tertiary/aromatic N) is 3. The van der Waals surface area contributed by atoms with Gasteiger partial charge in [0.25, 0.3) is 0 Å². The molecule has 0 unspecified atom stereocenters. The molecule has 2 amide bonds. The lowest BCUT2D eigenvalue weighted by molar-refractivity contribution is -0.141. The summed E-state index contributed by atoms with van der Waals surface area (Å²) in [7, 11) is 0. The van der Waals surface area contributed by atoms with Gasteiger partial charge in [-0.05, 0) is 54.3 Å². The number of hydrogen-bond acceptors (Lipinski definition) is 4. The number of fused-ring (bicyclic) bond motifs is 3. The van der Waals surface area contributed by atoms with Crippen LogP contribution in [0.2, 0.25) is 5.02 Å². The van der Waals surface area contributed by atoms with Gasteiger partial charge in [0.15, 0.2) is 0 Å². The molecular weight excluding hydrogens is 484 g/mol. The maximum Gasteiger partial charge on any atom is 0.237 e. The Hall–Kier alpha value is -3.51. The van der Waals surface area contributed by atoms with Crippen LogP contribution in [-0.2, 0) is 27.8 Å². The highest BCUT2D eigenvalue weighted by atomic mass is 35.5. The van der Waals surface area contributed by atoms with E-state index >= 15 is 0 Å². The highest BCUT2D eigenvalue weighted by molar-refractivity contribution is 6.30. The molecule has 3 heterocycles. The number of anilines is 1. The number of pyridine rings is 2. The van der Waals surface area contributed by atoms with Crippen molar-refractivity contribution in [2.24, 2.45) is 5.41 Å². The number of amides is 2. The molecule has 0 saturated heterocycles. The number of hydrogen-bond donors (Lipinski definition) is 1. The van der Waals surface area contributed by atoms with Crippen LogP contribution in [0.4, 0.5) is 5.82 Å². The van der Waals surface area contributed by atoms with E-state index in [0.29, 0.717) is 30.2 Å². The van der Waals surface area contributed by atoms with Gasteiger partial charge in [-0.3, -0.25) is 14.6 Å². The minimum absolute atomic E-state index is 0.0104. The lowest BCUT2D eigenvalue weighted by atomic mass is 9.80.